The van der Waals surface area contributed by atoms with Crippen LogP contribution in [-0.2, 0) is 13.1 Å². The fourth-order valence-electron chi connectivity index (χ4n) is 2.80. The molecule has 0 saturated heterocycles. The van der Waals surface area contributed by atoms with E-state index < -0.39 is 0 Å². The number of H-pyrrole nitrogens is 2. The van der Waals surface area contributed by atoms with Crippen molar-refractivity contribution in [2.75, 3.05) is 28.2 Å². The van der Waals surface area contributed by atoms with E-state index in [4.69, 9.17) is 0 Å². The van der Waals surface area contributed by atoms with Gasteiger partial charge >= 0.3 is 0 Å². The summed E-state index contributed by atoms with van der Waals surface area (Å²) in [4.78, 5) is 11.2. The van der Waals surface area contributed by atoms with Gasteiger partial charge in [0.25, 0.3) is 0 Å². The Morgan fingerprint density at radius 1 is 0.750 bits per heavy atom. The second-order valence-corrected chi connectivity index (χ2v) is 6.05. The van der Waals surface area contributed by atoms with Gasteiger partial charge in [-0.2, -0.15) is 0 Å². The highest BCUT2D eigenvalue weighted by atomic mass is 15.1. The molecule has 0 unspecified atom stereocenters. The Hall–Kier alpha value is -1.78. The SMILES string of the molecule is CN(C)Cc1c[nH]c2cc3[nH]cc(CN(C)C)c3cc12. The van der Waals surface area contributed by atoms with Gasteiger partial charge in [0, 0.05) is 47.3 Å². The van der Waals surface area contributed by atoms with Crippen LogP contribution in [0.15, 0.2) is 24.5 Å². The highest BCUT2D eigenvalue weighted by molar-refractivity contribution is 5.98. The summed E-state index contributed by atoms with van der Waals surface area (Å²) in [6.07, 6.45) is 4.24. The molecule has 20 heavy (non-hydrogen) atoms. The van der Waals surface area contributed by atoms with Crippen LogP contribution < -0.4 is 0 Å². The Labute approximate surface area is 119 Å². The van der Waals surface area contributed by atoms with Crippen molar-refractivity contribution in [1.82, 2.24) is 19.8 Å². The molecule has 0 amide bonds. The summed E-state index contributed by atoms with van der Waals surface area (Å²) in [6, 6.07) is 4.53. The van der Waals surface area contributed by atoms with E-state index in [0.29, 0.717) is 0 Å². The molecule has 1 aromatic carbocycles. The lowest BCUT2D eigenvalue weighted by atomic mass is 10.1. The number of benzene rings is 1. The molecule has 106 valence electrons. The van der Waals surface area contributed by atoms with Gasteiger partial charge in [-0.1, -0.05) is 0 Å². The first kappa shape index (κ1) is 13.2. The van der Waals surface area contributed by atoms with Gasteiger partial charge in [0.05, 0.1) is 0 Å². The molecule has 0 spiro atoms. The molecule has 0 atom stereocenters. The normalized spacial score (nSPS) is 12.3. The third-order valence-electron chi connectivity index (χ3n) is 3.63. The number of fused-ring (bicyclic) bond motifs is 2. The second-order valence-electron chi connectivity index (χ2n) is 6.05. The van der Waals surface area contributed by atoms with E-state index in [1.54, 1.807) is 0 Å². The van der Waals surface area contributed by atoms with Crippen LogP contribution in [0, 0.1) is 0 Å². The lowest BCUT2D eigenvalue weighted by molar-refractivity contribution is 0.404. The number of hydrogen-bond donors (Lipinski definition) is 2. The molecule has 2 N–H and O–H groups in total. The Morgan fingerprint density at radius 2 is 1.20 bits per heavy atom. The molecule has 0 saturated carbocycles. The number of aromatic amines is 2. The molecule has 0 bridgehead atoms. The fraction of sp³-hybridized carbons (Fsp3) is 0.375. The molecule has 4 heteroatoms. The van der Waals surface area contributed by atoms with Crippen LogP contribution in [0.3, 0.4) is 0 Å². The molecule has 2 heterocycles. The molecule has 0 aliphatic carbocycles. The summed E-state index contributed by atoms with van der Waals surface area (Å²) < 4.78 is 0. The summed E-state index contributed by atoms with van der Waals surface area (Å²) in [5.41, 5.74) is 5.10. The molecule has 0 radical (unpaired) electrons. The van der Waals surface area contributed by atoms with Gasteiger partial charge in [0.2, 0.25) is 0 Å². The number of rotatable bonds is 4. The quantitative estimate of drug-likeness (QED) is 0.765. The van der Waals surface area contributed by atoms with Crippen LogP contribution in [0.2, 0.25) is 0 Å². The first-order valence-corrected chi connectivity index (χ1v) is 6.94. The summed E-state index contributed by atoms with van der Waals surface area (Å²) in [5, 5.41) is 2.65. The standard InChI is InChI=1S/C16H22N4/c1-19(2)9-11-7-17-15-6-16-14(5-13(11)15)12(8-18-16)10-20(3)4/h5-8,17-18H,9-10H2,1-4H3. The smallest absolute Gasteiger partial charge is 0.0478 e. The molecular formula is C16H22N4. The van der Waals surface area contributed by atoms with E-state index in [1.807, 2.05) is 0 Å². The molecule has 0 aliphatic heterocycles. The van der Waals surface area contributed by atoms with E-state index in [1.165, 1.54) is 32.9 Å². The van der Waals surface area contributed by atoms with Gasteiger partial charge in [0.15, 0.2) is 0 Å². The molecule has 3 aromatic rings. The van der Waals surface area contributed by atoms with Crippen LogP contribution in [-0.4, -0.2) is 48.0 Å². The Kier molecular flexibility index (Phi) is 3.28. The lowest BCUT2D eigenvalue weighted by Gasteiger charge is -2.09. The van der Waals surface area contributed by atoms with Crippen molar-refractivity contribution in [2.45, 2.75) is 13.1 Å². The van der Waals surface area contributed by atoms with Gasteiger partial charge in [0.1, 0.15) is 0 Å². The molecule has 0 aliphatic rings. The molecule has 4 nitrogen and oxygen atoms in total. The van der Waals surface area contributed by atoms with E-state index in [9.17, 15) is 0 Å². The van der Waals surface area contributed by atoms with Crippen molar-refractivity contribution in [1.29, 1.82) is 0 Å². The zero-order chi connectivity index (χ0) is 14.3. The third-order valence-corrected chi connectivity index (χ3v) is 3.63. The maximum atomic E-state index is 3.38. The topological polar surface area (TPSA) is 38.1 Å². The monoisotopic (exact) mass is 270 g/mol. The maximum Gasteiger partial charge on any atom is 0.0478 e. The molecular weight excluding hydrogens is 248 g/mol. The van der Waals surface area contributed by atoms with E-state index in [2.05, 4.69) is 72.5 Å². The minimum Gasteiger partial charge on any atom is -0.361 e. The highest BCUT2D eigenvalue weighted by Gasteiger charge is 2.10. The highest BCUT2D eigenvalue weighted by Crippen LogP contribution is 2.27. The first-order valence-electron chi connectivity index (χ1n) is 6.94. The van der Waals surface area contributed by atoms with Crippen molar-refractivity contribution in [2.24, 2.45) is 0 Å². The van der Waals surface area contributed by atoms with Crippen molar-refractivity contribution >= 4 is 21.8 Å². The third kappa shape index (κ3) is 2.32. The largest absolute Gasteiger partial charge is 0.361 e. The van der Waals surface area contributed by atoms with Gasteiger partial charge in [-0.15, -0.1) is 0 Å². The van der Waals surface area contributed by atoms with Crippen molar-refractivity contribution in [3.63, 3.8) is 0 Å². The number of nitrogens with zero attached hydrogens (tertiary/aromatic N) is 2. The molecule has 0 fully saturated rings. The van der Waals surface area contributed by atoms with Gasteiger partial charge in [-0.3, -0.25) is 0 Å². The average Bonchev–Trinajstić information content (AvgIpc) is 2.92. The predicted molar refractivity (Wildman–Crippen MR) is 84.9 cm³/mol. The van der Waals surface area contributed by atoms with E-state index in [0.717, 1.165) is 13.1 Å². The van der Waals surface area contributed by atoms with E-state index >= 15 is 0 Å². The van der Waals surface area contributed by atoms with E-state index in [-0.39, 0.29) is 0 Å². The van der Waals surface area contributed by atoms with Gasteiger partial charge in [-0.05, 0) is 51.5 Å². The average molecular weight is 270 g/mol. The fourth-order valence-corrected chi connectivity index (χ4v) is 2.80. The number of nitrogens with one attached hydrogen (secondary N) is 2. The molecule has 2 aromatic heterocycles. The lowest BCUT2D eigenvalue weighted by Crippen LogP contribution is -2.10. The minimum absolute atomic E-state index is 0.957. The van der Waals surface area contributed by atoms with Crippen LogP contribution in [0.25, 0.3) is 21.8 Å². The Balaban J connectivity index is 2.14. The van der Waals surface area contributed by atoms with Crippen LogP contribution in [0.4, 0.5) is 0 Å². The second kappa shape index (κ2) is 4.96. The van der Waals surface area contributed by atoms with Gasteiger partial charge in [-0.25, -0.2) is 0 Å². The van der Waals surface area contributed by atoms with Crippen LogP contribution in [0.5, 0.6) is 0 Å². The summed E-state index contributed by atoms with van der Waals surface area (Å²) in [6.45, 7) is 1.91. The van der Waals surface area contributed by atoms with Crippen molar-refractivity contribution in [3.8, 4) is 0 Å². The zero-order valence-corrected chi connectivity index (χ0v) is 12.6. The first-order chi connectivity index (χ1) is 9.54. The van der Waals surface area contributed by atoms with Crippen LogP contribution in [0.1, 0.15) is 11.1 Å². The number of aromatic nitrogens is 2. The Bertz CT molecular complexity index is 674. The van der Waals surface area contributed by atoms with Crippen molar-refractivity contribution < 1.29 is 0 Å². The Morgan fingerprint density at radius 3 is 1.60 bits per heavy atom. The summed E-state index contributed by atoms with van der Waals surface area (Å²) in [7, 11) is 8.41. The van der Waals surface area contributed by atoms with Crippen LogP contribution >= 0.6 is 0 Å². The maximum absolute atomic E-state index is 3.38. The van der Waals surface area contributed by atoms with Gasteiger partial charge < -0.3 is 19.8 Å². The predicted octanol–water partition coefficient (Wildman–Crippen LogP) is 2.77. The van der Waals surface area contributed by atoms with Crippen molar-refractivity contribution in [3.05, 3.63) is 35.7 Å². The zero-order valence-electron chi connectivity index (χ0n) is 12.6. The molecule has 3 rings (SSSR count). The number of hydrogen-bond acceptors (Lipinski definition) is 2. The summed E-state index contributed by atoms with van der Waals surface area (Å²) >= 11 is 0. The minimum atomic E-state index is 0.957. The summed E-state index contributed by atoms with van der Waals surface area (Å²) in [5.74, 6) is 0.